The fraction of sp³-hybridized carbons (Fsp3) is 0.405. The molecule has 10 aromatic rings. The minimum absolute atomic E-state index is 0.0496. The van der Waals surface area contributed by atoms with Gasteiger partial charge in [-0.2, -0.15) is 20.4 Å². The van der Waals surface area contributed by atoms with Crippen molar-refractivity contribution in [1.82, 2.24) is 70.6 Å². The summed E-state index contributed by atoms with van der Waals surface area (Å²) in [7, 11) is 13.6. The highest BCUT2D eigenvalue weighted by Gasteiger charge is 2.19. The number of H-pyrrole nitrogens is 4. The Bertz CT molecular complexity index is 4220. The molecule has 0 spiro atoms. The molecule has 0 unspecified atom stereocenters. The number of rotatable bonds is 33. The number of ether oxygens (including phenoxy) is 3. The van der Waals surface area contributed by atoms with Crippen LogP contribution >= 0.6 is 11.6 Å². The summed E-state index contributed by atoms with van der Waals surface area (Å²) in [5, 5.41) is 32.6. The molecule has 0 aliphatic rings. The molecular formula is C84H112ClFN14O5. The minimum atomic E-state index is -0.175. The standard InChI is InChI=1S/C24H30N4O2.C23H28N4O2.C19H28ClN3O.C18H26FN3/c1-5-6-14-28(4)17-20-16-25-26-23(20)18-10-12-21(13-11-18)30-22-9-7-8-19(15-22)24(29)27(2)3;1-4-5-14-27(3)16-18-15-25-26-22(18)17-10-12-19(13-11-17)29-21-9-7-6-8-20(21)23(28)24-2;1-6-7-8-23(5)12-16-11-21-22-18(16)15-9-14(4)19(17(20)10-15)24-13(2)3;1-5-8-22(4)12-16-11-20-21-18(16)14-6-7-17(19)15(10-14)9-13(2)3/h7-13,15-16H,5-6,14,17H2,1-4H3,(H,25,26);6-13,15H,4-5,14,16H2,1-3H3,(H,24,28)(H,25,26);9-11,13H,6-8,12H2,1-5H3,(H,21,22);6-7,10-11,13H,5,8-9,12H2,1-4H3,(H,20,21). The van der Waals surface area contributed by atoms with E-state index < -0.39 is 0 Å². The summed E-state index contributed by atoms with van der Waals surface area (Å²) in [5.41, 5.74) is 15.8. The van der Waals surface area contributed by atoms with Crippen molar-refractivity contribution in [2.75, 3.05) is 75.5 Å². The van der Waals surface area contributed by atoms with Crippen LogP contribution in [0, 0.1) is 18.7 Å². The topological polar surface area (TPSA) is 205 Å². The fourth-order valence-corrected chi connectivity index (χ4v) is 12.2. The lowest BCUT2D eigenvalue weighted by molar-refractivity contribution is 0.0826. The molecule has 0 aliphatic heterocycles. The lowest BCUT2D eigenvalue weighted by atomic mass is 9.98. The van der Waals surface area contributed by atoms with Crippen molar-refractivity contribution in [3.63, 3.8) is 0 Å². The molecule has 0 bridgehead atoms. The number of aryl methyl sites for hydroxylation is 1. The number of halogens is 2. The quantitative estimate of drug-likeness (QED) is 0.0260. The van der Waals surface area contributed by atoms with Gasteiger partial charge in [-0.15, -0.1) is 0 Å². The summed E-state index contributed by atoms with van der Waals surface area (Å²) in [6.45, 7) is 26.7. The molecule has 0 saturated heterocycles. The molecule has 0 atom stereocenters. The van der Waals surface area contributed by atoms with Crippen molar-refractivity contribution >= 4 is 23.4 Å². The lowest BCUT2D eigenvalue weighted by Gasteiger charge is -2.17. The zero-order valence-electron chi connectivity index (χ0n) is 64.7. The van der Waals surface area contributed by atoms with Crippen LogP contribution in [0.2, 0.25) is 5.02 Å². The Balaban J connectivity index is 0.000000197. The van der Waals surface area contributed by atoms with Crippen molar-refractivity contribution in [3.05, 3.63) is 208 Å². The Hall–Kier alpha value is -9.44. The van der Waals surface area contributed by atoms with E-state index in [0.29, 0.717) is 45.1 Å². The average Bonchev–Trinajstić information content (AvgIpc) is 1.72. The van der Waals surface area contributed by atoms with Crippen molar-refractivity contribution < 1.29 is 28.2 Å². The first-order valence-electron chi connectivity index (χ1n) is 36.8. The largest absolute Gasteiger partial charge is 0.489 e. The van der Waals surface area contributed by atoms with Crippen LogP contribution in [-0.4, -0.2) is 159 Å². The molecule has 0 saturated carbocycles. The third-order valence-corrected chi connectivity index (χ3v) is 17.6. The second kappa shape index (κ2) is 42.5. The van der Waals surface area contributed by atoms with Crippen LogP contribution in [0.5, 0.6) is 28.7 Å². The van der Waals surface area contributed by atoms with E-state index in [1.165, 1.54) is 55.2 Å². The van der Waals surface area contributed by atoms with Gasteiger partial charge in [-0.1, -0.05) is 90.6 Å². The highest BCUT2D eigenvalue weighted by molar-refractivity contribution is 6.32. The van der Waals surface area contributed by atoms with Gasteiger partial charge in [-0.3, -0.25) is 30.0 Å². The van der Waals surface area contributed by atoms with E-state index in [0.717, 1.165) is 133 Å². The van der Waals surface area contributed by atoms with Crippen LogP contribution in [0.4, 0.5) is 4.39 Å². The predicted octanol–water partition coefficient (Wildman–Crippen LogP) is 18.6. The van der Waals surface area contributed by atoms with Gasteiger partial charge >= 0.3 is 0 Å². The van der Waals surface area contributed by atoms with E-state index in [2.05, 4.69) is 142 Å². The number of aromatic amines is 4. The Labute approximate surface area is 627 Å². The first kappa shape index (κ1) is 82.8. The van der Waals surface area contributed by atoms with E-state index in [4.69, 9.17) is 25.8 Å². The van der Waals surface area contributed by atoms with Crippen molar-refractivity contribution in [3.8, 4) is 73.8 Å². The zero-order chi connectivity index (χ0) is 76.0. The van der Waals surface area contributed by atoms with Gasteiger partial charge in [0.2, 0.25) is 0 Å². The highest BCUT2D eigenvalue weighted by Crippen LogP contribution is 2.37. The molecule has 19 nitrogen and oxygen atoms in total. The third kappa shape index (κ3) is 25.7. The van der Waals surface area contributed by atoms with Gasteiger partial charge in [-0.25, -0.2) is 4.39 Å². The second-order valence-corrected chi connectivity index (χ2v) is 28.2. The first-order chi connectivity index (χ1) is 50.5. The Morgan fingerprint density at radius 3 is 1.41 bits per heavy atom. The maximum atomic E-state index is 13.9. The van der Waals surface area contributed by atoms with E-state index in [9.17, 15) is 14.0 Å². The molecule has 0 fully saturated rings. The molecule has 10 rings (SSSR count). The van der Waals surface area contributed by atoms with Gasteiger partial charge in [0.25, 0.3) is 11.8 Å². The van der Waals surface area contributed by atoms with Crippen LogP contribution in [0.15, 0.2) is 152 Å². The van der Waals surface area contributed by atoms with Crippen LogP contribution in [0.1, 0.15) is 154 Å². The van der Waals surface area contributed by atoms with Gasteiger partial charge in [0, 0.05) is 97.4 Å². The fourth-order valence-electron chi connectivity index (χ4n) is 11.9. The molecule has 0 aliphatic carbocycles. The predicted molar refractivity (Wildman–Crippen MR) is 425 cm³/mol. The second-order valence-electron chi connectivity index (χ2n) is 27.8. The number of carbonyl (C=O) groups is 2. The smallest absolute Gasteiger partial charge is 0.254 e. The summed E-state index contributed by atoms with van der Waals surface area (Å²) in [5.74, 6) is 3.40. The molecule has 4 heterocycles. The summed E-state index contributed by atoms with van der Waals surface area (Å²) >= 11 is 6.45. The summed E-state index contributed by atoms with van der Waals surface area (Å²) in [6.07, 6.45) is 16.7. The molecule has 21 heteroatoms. The molecule has 105 heavy (non-hydrogen) atoms. The number of amides is 2. The summed E-state index contributed by atoms with van der Waals surface area (Å²) in [6, 6.07) is 39.5. The van der Waals surface area contributed by atoms with Gasteiger partial charge < -0.3 is 44.0 Å². The molecular weight excluding hydrogens is 1340 g/mol. The number of hydrogen-bond acceptors (Lipinski definition) is 13. The van der Waals surface area contributed by atoms with E-state index in [1.54, 1.807) is 56.4 Å². The molecule has 0 radical (unpaired) electrons. The van der Waals surface area contributed by atoms with Crippen molar-refractivity contribution in [1.29, 1.82) is 0 Å². The number of hydrogen-bond donors (Lipinski definition) is 5. The number of carbonyl (C=O) groups excluding carboxylic acids is 2. The molecule has 2 amide bonds. The monoisotopic (exact) mass is 1450 g/mol. The number of aromatic nitrogens is 8. The lowest BCUT2D eigenvalue weighted by Crippen LogP contribution is -2.21. The van der Waals surface area contributed by atoms with Gasteiger partial charge in [0.15, 0.2) is 0 Å². The maximum absolute atomic E-state index is 13.9. The molecule has 5 N–H and O–H groups in total. The molecule has 562 valence electrons. The summed E-state index contributed by atoms with van der Waals surface area (Å²) in [4.78, 5) is 34.9. The zero-order valence-corrected chi connectivity index (χ0v) is 65.5. The van der Waals surface area contributed by atoms with E-state index in [1.807, 2.05) is 137 Å². The van der Waals surface area contributed by atoms with Crippen molar-refractivity contribution in [2.24, 2.45) is 5.92 Å². The van der Waals surface area contributed by atoms with Crippen molar-refractivity contribution in [2.45, 2.75) is 146 Å². The Morgan fingerprint density at radius 2 is 0.962 bits per heavy atom. The van der Waals surface area contributed by atoms with Crippen LogP contribution < -0.4 is 19.5 Å². The highest BCUT2D eigenvalue weighted by atomic mass is 35.5. The third-order valence-electron chi connectivity index (χ3n) is 17.3. The van der Waals surface area contributed by atoms with Gasteiger partial charge in [0.1, 0.15) is 34.6 Å². The van der Waals surface area contributed by atoms with Crippen LogP contribution in [0.25, 0.3) is 45.0 Å². The van der Waals surface area contributed by atoms with E-state index in [-0.39, 0.29) is 23.7 Å². The van der Waals surface area contributed by atoms with E-state index >= 15 is 0 Å². The normalized spacial score (nSPS) is 11.2. The first-order valence-corrected chi connectivity index (χ1v) is 37.2. The average molecular weight is 1450 g/mol. The number of para-hydroxylation sites is 1. The number of unbranched alkanes of at least 4 members (excludes halogenated alkanes) is 3. The van der Waals surface area contributed by atoms with Crippen LogP contribution in [-0.2, 0) is 32.6 Å². The van der Waals surface area contributed by atoms with Gasteiger partial charge in [-0.05, 0) is 233 Å². The molecule has 6 aromatic carbocycles. The number of benzene rings is 6. The Morgan fingerprint density at radius 1 is 0.505 bits per heavy atom. The SMILES string of the molecule is CCCCN(C)Cc1cn[nH]c1-c1cc(C)c(OC(C)C)c(Cl)c1.CCCCN(C)Cc1cn[nH]c1-c1ccc(Oc2cccc(C(=O)N(C)C)c2)cc1.CCCCN(C)Cc1cn[nH]c1-c1ccc(Oc2ccccc2C(=O)NC)cc1.CCCN(C)Cc1cn[nH]c1-c1ccc(F)c(CC(C)C)c1. The van der Waals surface area contributed by atoms with Crippen LogP contribution in [0.3, 0.4) is 0 Å². The summed E-state index contributed by atoms with van der Waals surface area (Å²) < 4.78 is 31.7. The molecule has 4 aromatic heterocycles. The Kier molecular flexibility index (Phi) is 33.5. The minimum Gasteiger partial charge on any atom is -0.489 e. The van der Waals surface area contributed by atoms with Gasteiger partial charge in [0.05, 0.1) is 64.3 Å². The maximum Gasteiger partial charge on any atom is 0.254 e. The number of nitrogens with one attached hydrogen (secondary N) is 5. The number of nitrogens with zero attached hydrogens (tertiary/aromatic N) is 9.